The van der Waals surface area contributed by atoms with E-state index < -0.39 is 17.7 Å². The number of amides is 1. The van der Waals surface area contributed by atoms with Crippen molar-refractivity contribution >= 4 is 12.1 Å². The van der Waals surface area contributed by atoms with Crippen molar-refractivity contribution in [1.82, 2.24) is 5.32 Å². The van der Waals surface area contributed by atoms with Gasteiger partial charge in [-0.15, -0.1) is 0 Å². The van der Waals surface area contributed by atoms with Gasteiger partial charge >= 0.3 is 12.1 Å². The highest BCUT2D eigenvalue weighted by molar-refractivity contribution is 5.91. The normalized spacial score (nSPS) is 11.0. The highest BCUT2D eigenvalue weighted by Crippen LogP contribution is 2.18. The molecule has 2 rings (SSSR count). The number of nitrogens with one attached hydrogen (secondary N) is 1. The lowest BCUT2D eigenvalue weighted by Gasteiger charge is -2.20. The van der Waals surface area contributed by atoms with Crippen LogP contribution in [0, 0.1) is 0 Å². The van der Waals surface area contributed by atoms with Gasteiger partial charge in [0.1, 0.15) is 12.2 Å². The second-order valence-electron chi connectivity index (χ2n) is 7.38. The number of hydrogen-bond donors (Lipinski definition) is 2. The summed E-state index contributed by atoms with van der Waals surface area (Å²) in [6.07, 6.45) is -0.204. The zero-order valence-corrected chi connectivity index (χ0v) is 16.5. The van der Waals surface area contributed by atoms with Gasteiger partial charge in [-0.1, -0.05) is 42.5 Å². The van der Waals surface area contributed by atoms with E-state index in [2.05, 4.69) is 5.32 Å². The van der Waals surface area contributed by atoms with Crippen molar-refractivity contribution in [2.24, 2.45) is 0 Å². The summed E-state index contributed by atoms with van der Waals surface area (Å²) >= 11 is 0. The zero-order chi connectivity index (χ0) is 20.6. The lowest BCUT2D eigenvalue weighted by Crippen LogP contribution is -2.25. The molecule has 150 valence electrons. The van der Waals surface area contributed by atoms with Crippen LogP contribution in [0.3, 0.4) is 0 Å². The topological polar surface area (TPSA) is 84.9 Å². The molecule has 0 spiro atoms. The average Bonchev–Trinajstić information content (AvgIpc) is 2.64. The van der Waals surface area contributed by atoms with Crippen molar-refractivity contribution in [3.63, 3.8) is 0 Å². The second-order valence-corrected chi connectivity index (χ2v) is 7.38. The van der Waals surface area contributed by atoms with Crippen LogP contribution in [0.25, 0.3) is 0 Å². The van der Waals surface area contributed by atoms with Crippen molar-refractivity contribution in [2.45, 2.75) is 45.9 Å². The third kappa shape index (κ3) is 7.04. The Hall–Kier alpha value is -2.86. The van der Waals surface area contributed by atoms with E-state index in [1.165, 1.54) is 0 Å². The van der Waals surface area contributed by atoms with E-state index in [1.807, 2.05) is 30.3 Å². The largest absolute Gasteiger partial charge is 0.456 e. The van der Waals surface area contributed by atoms with Gasteiger partial charge in [0.25, 0.3) is 0 Å². The number of alkyl carbamates (subject to hydrolysis) is 1. The molecule has 0 bridgehead atoms. The van der Waals surface area contributed by atoms with E-state index in [-0.39, 0.29) is 19.8 Å². The molecule has 0 fully saturated rings. The molecule has 0 unspecified atom stereocenters. The number of aliphatic hydroxyl groups excluding tert-OH is 1. The Balaban J connectivity index is 1.97. The van der Waals surface area contributed by atoms with Gasteiger partial charge in [-0.25, -0.2) is 9.59 Å². The van der Waals surface area contributed by atoms with Gasteiger partial charge in [0.15, 0.2) is 0 Å². The molecule has 0 aliphatic carbocycles. The third-order valence-corrected chi connectivity index (χ3v) is 3.82. The molecule has 0 radical (unpaired) electrons. The lowest BCUT2D eigenvalue weighted by atomic mass is 10.0. The highest BCUT2D eigenvalue weighted by atomic mass is 16.6. The summed E-state index contributed by atoms with van der Waals surface area (Å²) in [7, 11) is 0. The van der Waals surface area contributed by atoms with E-state index in [0.29, 0.717) is 17.5 Å². The molecular weight excluding hydrogens is 358 g/mol. The molecule has 6 heteroatoms. The summed E-state index contributed by atoms with van der Waals surface area (Å²) in [5.74, 6) is -0.433. The number of carbonyl (C=O) groups is 2. The molecule has 0 saturated heterocycles. The molecule has 2 aromatic carbocycles. The van der Waals surface area contributed by atoms with Gasteiger partial charge in [-0.3, -0.25) is 0 Å². The molecule has 0 saturated carbocycles. The van der Waals surface area contributed by atoms with Crippen LogP contribution < -0.4 is 5.32 Å². The van der Waals surface area contributed by atoms with Gasteiger partial charge in [0.05, 0.1) is 5.56 Å². The van der Waals surface area contributed by atoms with Crippen LogP contribution in [0.1, 0.15) is 47.8 Å². The van der Waals surface area contributed by atoms with Crippen molar-refractivity contribution in [1.29, 1.82) is 0 Å². The summed E-state index contributed by atoms with van der Waals surface area (Å²) in [5.41, 5.74) is 2.20. The Labute approximate surface area is 165 Å². The number of hydrogen-bond acceptors (Lipinski definition) is 5. The van der Waals surface area contributed by atoms with Crippen molar-refractivity contribution in [3.8, 4) is 0 Å². The van der Waals surface area contributed by atoms with Gasteiger partial charge in [0.2, 0.25) is 0 Å². The molecule has 1 amide bonds. The monoisotopic (exact) mass is 385 g/mol. The molecule has 6 nitrogen and oxygen atoms in total. The fraction of sp³-hybridized carbons (Fsp3) is 0.364. The fourth-order valence-corrected chi connectivity index (χ4v) is 2.56. The summed E-state index contributed by atoms with van der Waals surface area (Å²) in [4.78, 5) is 24.2. The summed E-state index contributed by atoms with van der Waals surface area (Å²) < 4.78 is 10.6. The molecule has 0 aromatic heterocycles. The van der Waals surface area contributed by atoms with E-state index in [1.54, 1.807) is 39.0 Å². The Morgan fingerprint density at radius 1 is 1.04 bits per heavy atom. The van der Waals surface area contributed by atoms with Gasteiger partial charge in [-0.05, 0) is 49.9 Å². The lowest BCUT2D eigenvalue weighted by molar-refractivity contribution is 0.00681. The van der Waals surface area contributed by atoms with Crippen molar-refractivity contribution in [2.75, 3.05) is 6.61 Å². The van der Waals surface area contributed by atoms with Crippen LogP contribution in [-0.4, -0.2) is 29.4 Å². The summed E-state index contributed by atoms with van der Waals surface area (Å²) in [6.45, 7) is 5.76. The van der Waals surface area contributed by atoms with Crippen LogP contribution in [0.4, 0.5) is 4.79 Å². The molecule has 0 atom stereocenters. The SMILES string of the molecule is CC(C)(C)OC(=O)c1ccc(CNC(=O)OCc2ccccc2)cc1CCO. The molecular formula is C22H27NO5. The van der Waals surface area contributed by atoms with Gasteiger partial charge in [-0.2, -0.15) is 0 Å². The highest BCUT2D eigenvalue weighted by Gasteiger charge is 2.20. The molecule has 2 aromatic rings. The molecule has 0 aliphatic heterocycles. The van der Waals surface area contributed by atoms with Crippen molar-refractivity contribution in [3.05, 3.63) is 70.8 Å². The van der Waals surface area contributed by atoms with Crippen LogP contribution in [0.15, 0.2) is 48.5 Å². The minimum Gasteiger partial charge on any atom is -0.456 e. The Kier molecular flexibility index (Phi) is 7.58. The zero-order valence-electron chi connectivity index (χ0n) is 16.5. The third-order valence-electron chi connectivity index (χ3n) is 3.82. The van der Waals surface area contributed by atoms with Crippen LogP contribution in [0.2, 0.25) is 0 Å². The Morgan fingerprint density at radius 3 is 2.39 bits per heavy atom. The first-order valence-electron chi connectivity index (χ1n) is 9.19. The predicted molar refractivity (Wildman–Crippen MR) is 106 cm³/mol. The molecule has 0 aliphatic rings. The average molecular weight is 385 g/mol. The minimum absolute atomic E-state index is 0.0915. The summed E-state index contributed by atoms with van der Waals surface area (Å²) in [6, 6.07) is 14.6. The first-order valence-corrected chi connectivity index (χ1v) is 9.19. The number of carbonyl (C=O) groups excluding carboxylic acids is 2. The van der Waals surface area contributed by atoms with Crippen LogP contribution in [0.5, 0.6) is 0 Å². The maximum atomic E-state index is 12.4. The Morgan fingerprint density at radius 2 is 1.75 bits per heavy atom. The van der Waals surface area contributed by atoms with Crippen LogP contribution >= 0.6 is 0 Å². The Bertz CT molecular complexity index is 796. The van der Waals surface area contributed by atoms with Crippen molar-refractivity contribution < 1.29 is 24.2 Å². The van der Waals surface area contributed by atoms with Crippen LogP contribution in [-0.2, 0) is 29.0 Å². The number of benzene rings is 2. The maximum Gasteiger partial charge on any atom is 0.407 e. The van der Waals surface area contributed by atoms with E-state index in [9.17, 15) is 14.7 Å². The molecule has 28 heavy (non-hydrogen) atoms. The minimum atomic E-state index is -0.601. The number of esters is 1. The fourth-order valence-electron chi connectivity index (χ4n) is 2.56. The van der Waals surface area contributed by atoms with Gasteiger partial charge < -0.3 is 19.9 Å². The maximum absolute atomic E-state index is 12.4. The summed E-state index contributed by atoms with van der Waals surface area (Å²) in [5, 5.41) is 12.0. The second kappa shape index (κ2) is 9.90. The number of rotatable bonds is 7. The standard InChI is InChI=1S/C22H27NO5/c1-22(2,3)28-20(25)19-10-9-17(13-18(19)11-12-24)14-23-21(26)27-15-16-7-5-4-6-8-16/h4-10,13,24H,11-12,14-15H2,1-3H3,(H,23,26). The number of ether oxygens (including phenoxy) is 2. The van der Waals surface area contributed by atoms with E-state index >= 15 is 0 Å². The van der Waals surface area contributed by atoms with E-state index in [4.69, 9.17) is 9.47 Å². The van der Waals surface area contributed by atoms with Gasteiger partial charge in [0, 0.05) is 13.2 Å². The predicted octanol–water partition coefficient (Wildman–Crippen LogP) is 3.60. The first-order chi connectivity index (χ1) is 13.3. The quantitative estimate of drug-likeness (QED) is 0.712. The number of aliphatic hydroxyl groups is 1. The smallest absolute Gasteiger partial charge is 0.407 e. The molecule has 0 heterocycles. The first kappa shape index (κ1) is 21.4. The van der Waals surface area contributed by atoms with E-state index in [0.717, 1.165) is 11.1 Å². The molecule has 2 N–H and O–H groups in total.